The minimum Gasteiger partial charge on any atom is -0.466 e. The summed E-state index contributed by atoms with van der Waals surface area (Å²) in [5, 5.41) is 9.70. The third-order valence-electron chi connectivity index (χ3n) is 2.18. The zero-order valence-corrected chi connectivity index (χ0v) is 9.04. The van der Waals surface area contributed by atoms with Gasteiger partial charge in [0.25, 0.3) is 0 Å². The van der Waals surface area contributed by atoms with E-state index in [4.69, 9.17) is 5.73 Å². The molecule has 0 radical (unpaired) electrons. The first kappa shape index (κ1) is 12.4. The summed E-state index contributed by atoms with van der Waals surface area (Å²) in [7, 11) is 1.27. The van der Waals surface area contributed by atoms with Gasteiger partial charge >= 0.3 is 5.97 Å². The smallest absolute Gasteiger partial charge is 0.330 e. The zero-order valence-electron chi connectivity index (χ0n) is 9.04. The van der Waals surface area contributed by atoms with Crippen molar-refractivity contribution in [3.63, 3.8) is 0 Å². The van der Waals surface area contributed by atoms with Crippen LogP contribution in [0.2, 0.25) is 0 Å². The number of hydrogen-bond acceptors (Lipinski definition) is 4. The standard InChI is InChI=1S/C12H15NO3/c1-16-11(15)8-7-10(14)12(13)9-5-3-2-4-6-9/h2-8,10,12,14H,13H2,1H3/b8-7+/t10-,12-/m0/s1. The van der Waals surface area contributed by atoms with E-state index >= 15 is 0 Å². The van der Waals surface area contributed by atoms with E-state index in [1.165, 1.54) is 13.2 Å². The number of carbonyl (C=O) groups is 1. The quantitative estimate of drug-likeness (QED) is 0.582. The van der Waals surface area contributed by atoms with E-state index in [0.29, 0.717) is 0 Å². The van der Waals surface area contributed by atoms with Crippen molar-refractivity contribution in [2.45, 2.75) is 12.1 Å². The minimum absolute atomic E-state index is 0.515. The average Bonchev–Trinajstić information content (AvgIpc) is 2.35. The first-order chi connectivity index (χ1) is 7.65. The van der Waals surface area contributed by atoms with Crippen LogP contribution in [0.15, 0.2) is 42.5 Å². The number of aliphatic hydroxyl groups is 1. The Morgan fingerprint density at radius 1 is 1.44 bits per heavy atom. The molecule has 0 saturated heterocycles. The lowest BCUT2D eigenvalue weighted by atomic mass is 10.0. The van der Waals surface area contributed by atoms with Crippen LogP contribution < -0.4 is 5.73 Å². The Hall–Kier alpha value is -1.65. The van der Waals surface area contributed by atoms with Gasteiger partial charge in [0.15, 0.2) is 0 Å². The fourth-order valence-corrected chi connectivity index (χ4v) is 1.24. The summed E-state index contributed by atoms with van der Waals surface area (Å²) in [5.74, 6) is -0.515. The van der Waals surface area contributed by atoms with Crippen LogP contribution in [0.5, 0.6) is 0 Å². The van der Waals surface area contributed by atoms with Gasteiger partial charge in [0.1, 0.15) is 0 Å². The molecule has 0 saturated carbocycles. The predicted octanol–water partition coefficient (Wildman–Crippen LogP) is 0.776. The molecule has 1 aromatic carbocycles. The van der Waals surface area contributed by atoms with Gasteiger partial charge in [0.05, 0.1) is 19.3 Å². The van der Waals surface area contributed by atoms with Crippen molar-refractivity contribution in [1.82, 2.24) is 0 Å². The van der Waals surface area contributed by atoms with Crippen LogP contribution in [0.3, 0.4) is 0 Å². The van der Waals surface area contributed by atoms with Crippen LogP contribution in [0, 0.1) is 0 Å². The monoisotopic (exact) mass is 221 g/mol. The summed E-state index contributed by atoms with van der Waals surface area (Å²) in [6, 6.07) is 8.63. The molecule has 0 spiro atoms. The maximum Gasteiger partial charge on any atom is 0.330 e. The Bertz CT molecular complexity index is 362. The fourth-order valence-electron chi connectivity index (χ4n) is 1.24. The summed E-state index contributed by atoms with van der Waals surface area (Å²) in [4.78, 5) is 10.8. The number of esters is 1. The van der Waals surface area contributed by atoms with E-state index in [0.717, 1.165) is 11.6 Å². The van der Waals surface area contributed by atoms with Crippen molar-refractivity contribution < 1.29 is 14.6 Å². The molecule has 1 aromatic rings. The summed E-state index contributed by atoms with van der Waals surface area (Å²) in [6.45, 7) is 0. The van der Waals surface area contributed by atoms with Gasteiger partial charge in [-0.1, -0.05) is 30.3 Å². The van der Waals surface area contributed by atoms with Gasteiger partial charge in [-0.05, 0) is 11.6 Å². The van der Waals surface area contributed by atoms with Gasteiger partial charge in [-0.25, -0.2) is 4.79 Å². The second kappa shape index (κ2) is 6.05. The van der Waals surface area contributed by atoms with Crippen LogP contribution in [0.25, 0.3) is 0 Å². The molecule has 0 fully saturated rings. The van der Waals surface area contributed by atoms with E-state index in [1.807, 2.05) is 30.3 Å². The van der Waals surface area contributed by atoms with E-state index in [-0.39, 0.29) is 0 Å². The SMILES string of the molecule is COC(=O)/C=C/[C@H](O)[C@@H](N)c1ccccc1. The Morgan fingerprint density at radius 2 is 2.06 bits per heavy atom. The molecule has 0 aliphatic rings. The summed E-state index contributed by atoms with van der Waals surface area (Å²) < 4.78 is 4.41. The molecule has 4 nitrogen and oxygen atoms in total. The van der Waals surface area contributed by atoms with Crippen molar-refractivity contribution in [3.8, 4) is 0 Å². The molecular weight excluding hydrogens is 206 g/mol. The Balaban J connectivity index is 2.64. The molecule has 0 unspecified atom stereocenters. The molecule has 1 rings (SSSR count). The number of rotatable bonds is 4. The molecule has 0 amide bonds. The van der Waals surface area contributed by atoms with Crippen LogP contribution in [0.1, 0.15) is 11.6 Å². The van der Waals surface area contributed by atoms with E-state index in [1.54, 1.807) is 0 Å². The molecule has 2 atom stereocenters. The lowest BCUT2D eigenvalue weighted by molar-refractivity contribution is -0.134. The average molecular weight is 221 g/mol. The Morgan fingerprint density at radius 3 is 2.62 bits per heavy atom. The number of methoxy groups -OCH3 is 1. The van der Waals surface area contributed by atoms with Crippen LogP contribution in [-0.2, 0) is 9.53 Å². The molecular formula is C12H15NO3. The molecule has 16 heavy (non-hydrogen) atoms. The Kier molecular flexibility index (Phi) is 4.69. The number of carbonyl (C=O) groups excluding carboxylic acids is 1. The third kappa shape index (κ3) is 3.49. The minimum atomic E-state index is -0.915. The molecule has 3 N–H and O–H groups in total. The molecule has 0 aliphatic carbocycles. The largest absolute Gasteiger partial charge is 0.466 e. The molecule has 4 heteroatoms. The van der Waals surface area contributed by atoms with Crippen molar-refractivity contribution in [1.29, 1.82) is 0 Å². The van der Waals surface area contributed by atoms with Crippen LogP contribution in [-0.4, -0.2) is 24.3 Å². The summed E-state index contributed by atoms with van der Waals surface area (Å²) in [5.41, 5.74) is 6.62. The van der Waals surface area contributed by atoms with E-state index in [9.17, 15) is 9.90 Å². The zero-order chi connectivity index (χ0) is 12.0. The van der Waals surface area contributed by atoms with E-state index in [2.05, 4.69) is 4.74 Å². The lowest BCUT2D eigenvalue weighted by Crippen LogP contribution is -2.24. The summed E-state index contributed by atoms with van der Waals surface area (Å²) >= 11 is 0. The molecule has 0 heterocycles. The van der Waals surface area contributed by atoms with Crippen molar-refractivity contribution in [2.75, 3.05) is 7.11 Å². The maximum absolute atomic E-state index is 10.8. The van der Waals surface area contributed by atoms with Gasteiger partial charge in [-0.2, -0.15) is 0 Å². The summed E-state index contributed by atoms with van der Waals surface area (Å²) in [6.07, 6.45) is 1.57. The van der Waals surface area contributed by atoms with Gasteiger partial charge in [0, 0.05) is 6.08 Å². The Labute approximate surface area is 94.3 Å². The molecule has 0 aliphatic heterocycles. The number of hydrogen-bond donors (Lipinski definition) is 2. The first-order valence-electron chi connectivity index (χ1n) is 4.90. The highest BCUT2D eigenvalue weighted by Gasteiger charge is 2.13. The fraction of sp³-hybridized carbons (Fsp3) is 0.250. The van der Waals surface area contributed by atoms with E-state index < -0.39 is 18.1 Å². The highest BCUT2D eigenvalue weighted by atomic mass is 16.5. The lowest BCUT2D eigenvalue weighted by Gasteiger charge is -2.15. The molecule has 0 aromatic heterocycles. The highest BCUT2D eigenvalue weighted by Crippen LogP contribution is 2.14. The van der Waals surface area contributed by atoms with Gasteiger partial charge in [0.2, 0.25) is 0 Å². The number of ether oxygens (including phenoxy) is 1. The second-order valence-corrected chi connectivity index (χ2v) is 3.31. The van der Waals surface area contributed by atoms with Crippen molar-refractivity contribution >= 4 is 5.97 Å². The molecule has 0 bridgehead atoms. The number of nitrogens with two attached hydrogens (primary N) is 1. The van der Waals surface area contributed by atoms with Crippen LogP contribution in [0.4, 0.5) is 0 Å². The van der Waals surface area contributed by atoms with Gasteiger partial charge < -0.3 is 15.6 Å². The van der Waals surface area contributed by atoms with Gasteiger partial charge in [-0.3, -0.25) is 0 Å². The predicted molar refractivity (Wildman–Crippen MR) is 60.5 cm³/mol. The first-order valence-corrected chi connectivity index (χ1v) is 4.90. The van der Waals surface area contributed by atoms with Gasteiger partial charge in [-0.15, -0.1) is 0 Å². The third-order valence-corrected chi connectivity index (χ3v) is 2.18. The van der Waals surface area contributed by atoms with Crippen LogP contribution >= 0.6 is 0 Å². The second-order valence-electron chi connectivity index (χ2n) is 3.31. The highest BCUT2D eigenvalue weighted by molar-refractivity contribution is 5.81. The topological polar surface area (TPSA) is 72.5 Å². The normalized spacial score (nSPS) is 14.7. The maximum atomic E-state index is 10.8. The molecule has 86 valence electrons. The number of benzene rings is 1. The van der Waals surface area contributed by atoms with Crippen molar-refractivity contribution in [3.05, 3.63) is 48.0 Å². The van der Waals surface area contributed by atoms with Crippen molar-refractivity contribution in [2.24, 2.45) is 5.73 Å². The number of aliphatic hydroxyl groups excluding tert-OH is 1.